The van der Waals surface area contributed by atoms with E-state index >= 15 is 0 Å². The van der Waals surface area contributed by atoms with Gasteiger partial charge in [-0.15, -0.1) is 11.3 Å². The van der Waals surface area contributed by atoms with Crippen LogP contribution >= 0.6 is 11.3 Å². The molecule has 18 heavy (non-hydrogen) atoms. The molecule has 0 fully saturated rings. The molecule has 104 valence electrons. The van der Waals surface area contributed by atoms with E-state index in [2.05, 4.69) is 24.1 Å². The van der Waals surface area contributed by atoms with E-state index in [4.69, 9.17) is 0 Å². The van der Waals surface area contributed by atoms with E-state index in [-0.39, 0.29) is 0 Å². The third kappa shape index (κ3) is 4.03. The van der Waals surface area contributed by atoms with Crippen LogP contribution in [0.15, 0.2) is 0 Å². The second kappa shape index (κ2) is 6.12. The number of thiazole rings is 1. The average Bonchev–Trinajstić information content (AvgIpc) is 2.59. The van der Waals surface area contributed by atoms with Gasteiger partial charge in [0.05, 0.1) is 5.69 Å². The van der Waals surface area contributed by atoms with E-state index in [9.17, 15) is 8.42 Å². The van der Waals surface area contributed by atoms with Crippen LogP contribution in [-0.4, -0.2) is 26.7 Å². The molecule has 0 saturated carbocycles. The third-order valence-corrected chi connectivity index (χ3v) is 5.66. The fourth-order valence-corrected chi connectivity index (χ4v) is 3.73. The Balaban J connectivity index is 3.09. The predicted octanol–water partition coefficient (Wildman–Crippen LogP) is 2.17. The highest BCUT2D eigenvalue weighted by Crippen LogP contribution is 2.29. The molecule has 1 unspecified atom stereocenters. The minimum absolute atomic E-state index is 0.515. The molecule has 0 spiro atoms. The van der Waals surface area contributed by atoms with Gasteiger partial charge in [-0.3, -0.25) is 0 Å². The molecular formula is C12H22N2O2S2. The van der Waals surface area contributed by atoms with Crippen LogP contribution in [0.3, 0.4) is 0 Å². The highest BCUT2D eigenvalue weighted by Gasteiger charge is 2.23. The van der Waals surface area contributed by atoms with E-state index in [0.29, 0.717) is 10.9 Å². The number of nitrogens with one attached hydrogen (secondary N) is 1. The Morgan fingerprint density at radius 1 is 1.33 bits per heavy atom. The van der Waals surface area contributed by atoms with E-state index in [0.717, 1.165) is 23.5 Å². The molecular weight excluding hydrogens is 268 g/mol. The van der Waals surface area contributed by atoms with Crippen molar-refractivity contribution in [3.8, 4) is 0 Å². The summed E-state index contributed by atoms with van der Waals surface area (Å²) in [5.74, 6) is 0.518. The van der Waals surface area contributed by atoms with Gasteiger partial charge in [-0.25, -0.2) is 13.4 Å². The molecule has 1 rings (SSSR count). The molecule has 1 aromatic rings. The number of rotatable bonds is 6. The van der Waals surface area contributed by atoms with E-state index < -0.39 is 15.1 Å². The molecule has 1 atom stereocenters. The largest absolute Gasteiger partial charge is 0.315 e. The molecule has 0 saturated heterocycles. The fraction of sp³-hybridized carbons (Fsp3) is 0.750. The van der Waals surface area contributed by atoms with Crippen molar-refractivity contribution in [2.45, 2.75) is 39.0 Å². The third-order valence-electron chi connectivity index (χ3n) is 2.72. The van der Waals surface area contributed by atoms with Gasteiger partial charge >= 0.3 is 0 Å². The SMILES string of the molecule is CNCc1sc(C(C)S(C)(=O)=O)nc1CC(C)C. The van der Waals surface area contributed by atoms with Crippen molar-refractivity contribution in [1.29, 1.82) is 0 Å². The lowest BCUT2D eigenvalue weighted by molar-refractivity contribution is 0.591. The predicted molar refractivity (Wildman–Crippen MR) is 76.7 cm³/mol. The van der Waals surface area contributed by atoms with E-state index in [1.165, 1.54) is 17.6 Å². The summed E-state index contributed by atoms with van der Waals surface area (Å²) in [4.78, 5) is 5.68. The zero-order chi connectivity index (χ0) is 13.9. The maximum atomic E-state index is 11.6. The molecule has 0 aliphatic rings. The minimum Gasteiger partial charge on any atom is -0.315 e. The van der Waals surface area contributed by atoms with Crippen molar-refractivity contribution in [2.24, 2.45) is 5.92 Å². The Bertz CT molecular complexity index is 492. The van der Waals surface area contributed by atoms with Crippen molar-refractivity contribution in [1.82, 2.24) is 10.3 Å². The number of sulfone groups is 1. The topological polar surface area (TPSA) is 59.1 Å². The summed E-state index contributed by atoms with van der Waals surface area (Å²) < 4.78 is 23.2. The molecule has 1 heterocycles. The van der Waals surface area contributed by atoms with Crippen LogP contribution in [0.1, 0.15) is 41.6 Å². The first-order valence-electron chi connectivity index (χ1n) is 6.07. The first-order chi connectivity index (χ1) is 8.25. The van der Waals surface area contributed by atoms with Crippen LogP contribution in [0.5, 0.6) is 0 Å². The number of nitrogens with zero attached hydrogens (tertiary/aromatic N) is 1. The van der Waals surface area contributed by atoms with Crippen molar-refractivity contribution in [2.75, 3.05) is 13.3 Å². The molecule has 0 radical (unpaired) electrons. The van der Waals surface area contributed by atoms with Crippen LogP contribution in [0.25, 0.3) is 0 Å². The fourth-order valence-electron chi connectivity index (χ4n) is 1.61. The van der Waals surface area contributed by atoms with Gasteiger partial charge in [0.2, 0.25) is 0 Å². The number of aromatic nitrogens is 1. The van der Waals surface area contributed by atoms with Gasteiger partial charge in [-0.2, -0.15) is 0 Å². The lowest BCUT2D eigenvalue weighted by Gasteiger charge is -2.05. The van der Waals surface area contributed by atoms with Crippen LogP contribution in [0.4, 0.5) is 0 Å². The lowest BCUT2D eigenvalue weighted by atomic mass is 10.1. The molecule has 1 N–H and O–H groups in total. The summed E-state index contributed by atoms with van der Waals surface area (Å²) in [5, 5.41) is 3.30. The number of hydrogen-bond acceptors (Lipinski definition) is 5. The minimum atomic E-state index is -3.08. The summed E-state index contributed by atoms with van der Waals surface area (Å²) in [6, 6.07) is 0. The number of hydrogen-bond donors (Lipinski definition) is 1. The van der Waals surface area contributed by atoms with E-state index in [1.807, 2.05) is 7.05 Å². The summed E-state index contributed by atoms with van der Waals surface area (Å²) in [6.45, 7) is 6.73. The molecule has 0 aromatic carbocycles. The van der Waals surface area contributed by atoms with Crippen molar-refractivity contribution in [3.05, 3.63) is 15.6 Å². The van der Waals surface area contributed by atoms with Crippen molar-refractivity contribution < 1.29 is 8.42 Å². The van der Waals surface area contributed by atoms with Crippen LogP contribution in [0, 0.1) is 5.92 Å². The Kier molecular flexibility index (Phi) is 5.31. The second-order valence-corrected chi connectivity index (χ2v) is 8.50. The molecule has 0 aliphatic carbocycles. The van der Waals surface area contributed by atoms with Gasteiger partial charge in [0.1, 0.15) is 10.3 Å². The summed E-state index contributed by atoms with van der Waals surface area (Å²) in [5.41, 5.74) is 1.04. The van der Waals surface area contributed by atoms with Gasteiger partial charge in [-0.1, -0.05) is 13.8 Å². The van der Waals surface area contributed by atoms with Crippen molar-refractivity contribution >= 4 is 21.2 Å². The highest BCUT2D eigenvalue weighted by molar-refractivity contribution is 7.91. The van der Waals surface area contributed by atoms with Crippen LogP contribution in [-0.2, 0) is 22.8 Å². The first kappa shape index (κ1) is 15.6. The Hall–Kier alpha value is -0.460. The smallest absolute Gasteiger partial charge is 0.156 e. The zero-order valence-corrected chi connectivity index (χ0v) is 13.3. The normalized spacial score (nSPS) is 14.1. The Morgan fingerprint density at radius 3 is 2.39 bits per heavy atom. The van der Waals surface area contributed by atoms with E-state index in [1.54, 1.807) is 6.92 Å². The Morgan fingerprint density at radius 2 is 1.94 bits per heavy atom. The second-order valence-electron chi connectivity index (χ2n) is 5.02. The molecule has 0 bridgehead atoms. The summed E-state index contributed by atoms with van der Waals surface area (Å²) in [7, 11) is -1.19. The maximum absolute atomic E-state index is 11.6. The average molecular weight is 290 g/mol. The van der Waals surface area contributed by atoms with Gasteiger partial charge in [0.15, 0.2) is 9.84 Å². The van der Waals surface area contributed by atoms with Crippen molar-refractivity contribution in [3.63, 3.8) is 0 Å². The van der Waals surface area contributed by atoms with Gasteiger partial charge in [-0.05, 0) is 26.3 Å². The summed E-state index contributed by atoms with van der Waals surface area (Å²) >= 11 is 1.51. The van der Waals surface area contributed by atoms with Gasteiger partial charge < -0.3 is 5.32 Å². The quantitative estimate of drug-likeness (QED) is 0.872. The molecule has 6 heteroatoms. The molecule has 0 aliphatic heterocycles. The molecule has 4 nitrogen and oxygen atoms in total. The highest BCUT2D eigenvalue weighted by atomic mass is 32.2. The van der Waals surface area contributed by atoms with Gasteiger partial charge in [0, 0.05) is 17.7 Å². The monoisotopic (exact) mass is 290 g/mol. The summed E-state index contributed by atoms with van der Waals surface area (Å²) in [6.07, 6.45) is 2.16. The molecule has 0 amide bonds. The Labute approximate surface area is 114 Å². The van der Waals surface area contributed by atoms with Crippen LogP contribution in [0.2, 0.25) is 0 Å². The zero-order valence-electron chi connectivity index (χ0n) is 11.6. The lowest BCUT2D eigenvalue weighted by Crippen LogP contribution is -2.08. The standard InChI is InChI=1S/C12H22N2O2S2/c1-8(2)6-10-11(7-13-4)17-12(14-10)9(3)18(5,15)16/h8-9,13H,6-7H2,1-5H3. The van der Waals surface area contributed by atoms with Crippen LogP contribution < -0.4 is 5.32 Å². The maximum Gasteiger partial charge on any atom is 0.156 e. The van der Waals surface area contributed by atoms with Gasteiger partial charge in [0.25, 0.3) is 0 Å². The molecule has 1 aromatic heterocycles. The first-order valence-corrected chi connectivity index (χ1v) is 8.84.